The highest BCUT2D eigenvalue weighted by Crippen LogP contribution is 2.35. The molecule has 19 heavy (non-hydrogen) atoms. The van der Waals surface area contributed by atoms with Gasteiger partial charge in [0.2, 0.25) is 0 Å². The Labute approximate surface area is 118 Å². The summed E-state index contributed by atoms with van der Waals surface area (Å²) in [5, 5.41) is 10.9. The van der Waals surface area contributed by atoms with Gasteiger partial charge in [0.25, 0.3) is 0 Å². The van der Waals surface area contributed by atoms with Gasteiger partial charge < -0.3 is 5.11 Å². The van der Waals surface area contributed by atoms with E-state index in [1.807, 2.05) is 0 Å². The van der Waals surface area contributed by atoms with E-state index in [4.69, 9.17) is 0 Å². The molecule has 0 heterocycles. The molecule has 0 saturated carbocycles. The zero-order valence-electron chi connectivity index (χ0n) is 12.5. The van der Waals surface area contributed by atoms with Crippen molar-refractivity contribution >= 4 is 0 Å². The molecule has 0 spiro atoms. The second-order valence-electron chi connectivity index (χ2n) is 6.29. The van der Waals surface area contributed by atoms with Gasteiger partial charge in [0.15, 0.2) is 0 Å². The van der Waals surface area contributed by atoms with Crippen molar-refractivity contribution in [3.63, 3.8) is 0 Å². The number of benzene rings is 1. The van der Waals surface area contributed by atoms with Gasteiger partial charge in [-0.2, -0.15) is 0 Å². The van der Waals surface area contributed by atoms with Gasteiger partial charge >= 0.3 is 0 Å². The van der Waals surface area contributed by atoms with Crippen molar-refractivity contribution in [3.8, 4) is 0 Å². The minimum absolute atomic E-state index is 0.456. The molecule has 0 bridgehead atoms. The van der Waals surface area contributed by atoms with Gasteiger partial charge in [0.05, 0.1) is 5.60 Å². The van der Waals surface area contributed by atoms with Gasteiger partial charge in [-0.3, -0.25) is 0 Å². The normalized spacial score (nSPS) is 23.9. The number of hydrogen-bond acceptors (Lipinski definition) is 1. The van der Waals surface area contributed by atoms with Crippen LogP contribution in [0.25, 0.3) is 0 Å². The summed E-state index contributed by atoms with van der Waals surface area (Å²) in [6.45, 7) is 4.51. The molecule has 1 aromatic rings. The molecule has 0 fully saturated rings. The van der Waals surface area contributed by atoms with Gasteiger partial charge in [0, 0.05) is 6.42 Å². The molecule has 2 atom stereocenters. The van der Waals surface area contributed by atoms with Gasteiger partial charge in [-0.15, -0.1) is 0 Å². The predicted molar refractivity (Wildman–Crippen MR) is 81.3 cm³/mol. The van der Waals surface area contributed by atoms with Crippen LogP contribution in [-0.2, 0) is 12.8 Å². The predicted octanol–water partition coefficient (Wildman–Crippen LogP) is 4.51. The number of unbranched alkanes of at least 4 members (excludes halogenated alkanes) is 1. The summed E-state index contributed by atoms with van der Waals surface area (Å²) >= 11 is 0. The maximum absolute atomic E-state index is 10.9. The zero-order valence-corrected chi connectivity index (χ0v) is 12.5. The Bertz CT molecular complexity index is 398. The lowest BCUT2D eigenvalue weighted by Gasteiger charge is -2.36. The third-order valence-electron chi connectivity index (χ3n) is 4.71. The van der Waals surface area contributed by atoms with Crippen LogP contribution in [0, 0.1) is 5.92 Å². The lowest BCUT2D eigenvalue weighted by atomic mass is 9.74. The Morgan fingerprint density at radius 2 is 1.95 bits per heavy atom. The molecular formula is C18H28O. The Kier molecular flexibility index (Phi) is 5.04. The molecule has 1 aliphatic rings. The van der Waals surface area contributed by atoms with E-state index in [1.54, 1.807) is 0 Å². The average molecular weight is 260 g/mol. The standard InChI is InChI=1S/C18H28O/c1-3-5-8-15(4-2)13-18(19)12-11-16-9-6-7-10-17(16)14-18/h6-7,9-10,15,19H,3-5,8,11-14H2,1-2H3. The summed E-state index contributed by atoms with van der Waals surface area (Å²) in [5.41, 5.74) is 2.35. The summed E-state index contributed by atoms with van der Waals surface area (Å²) in [7, 11) is 0. The first-order chi connectivity index (χ1) is 9.17. The van der Waals surface area contributed by atoms with Crippen molar-refractivity contribution in [3.05, 3.63) is 35.4 Å². The van der Waals surface area contributed by atoms with Gasteiger partial charge in [-0.25, -0.2) is 0 Å². The summed E-state index contributed by atoms with van der Waals surface area (Å²) in [6, 6.07) is 8.61. The summed E-state index contributed by atoms with van der Waals surface area (Å²) in [5.74, 6) is 0.690. The van der Waals surface area contributed by atoms with E-state index in [0.29, 0.717) is 5.92 Å². The lowest BCUT2D eigenvalue weighted by Crippen LogP contribution is -2.37. The van der Waals surface area contributed by atoms with Crippen molar-refractivity contribution in [2.24, 2.45) is 5.92 Å². The molecule has 0 radical (unpaired) electrons. The maximum atomic E-state index is 10.9. The third-order valence-corrected chi connectivity index (χ3v) is 4.71. The largest absolute Gasteiger partial charge is 0.390 e. The van der Waals surface area contributed by atoms with Crippen LogP contribution < -0.4 is 0 Å². The SMILES string of the molecule is CCCCC(CC)CC1(O)CCc2ccccc2C1. The maximum Gasteiger partial charge on any atom is 0.0693 e. The molecule has 106 valence electrons. The highest BCUT2D eigenvalue weighted by atomic mass is 16.3. The lowest BCUT2D eigenvalue weighted by molar-refractivity contribution is 0.000623. The second kappa shape index (κ2) is 6.56. The minimum Gasteiger partial charge on any atom is -0.390 e. The first-order valence-corrected chi connectivity index (χ1v) is 7.96. The summed E-state index contributed by atoms with van der Waals surface area (Å²) < 4.78 is 0. The van der Waals surface area contributed by atoms with Crippen LogP contribution in [0.15, 0.2) is 24.3 Å². The van der Waals surface area contributed by atoms with Gasteiger partial charge in [-0.1, -0.05) is 63.8 Å². The fourth-order valence-corrected chi connectivity index (χ4v) is 3.44. The molecule has 1 aromatic carbocycles. The van der Waals surface area contributed by atoms with Crippen LogP contribution in [0.5, 0.6) is 0 Å². The van der Waals surface area contributed by atoms with E-state index in [-0.39, 0.29) is 0 Å². The second-order valence-corrected chi connectivity index (χ2v) is 6.29. The highest BCUT2D eigenvalue weighted by molar-refractivity contribution is 5.31. The number of fused-ring (bicyclic) bond motifs is 1. The van der Waals surface area contributed by atoms with E-state index in [1.165, 1.54) is 36.8 Å². The summed E-state index contributed by atoms with van der Waals surface area (Å²) in [4.78, 5) is 0. The molecular weight excluding hydrogens is 232 g/mol. The molecule has 1 N–H and O–H groups in total. The zero-order chi connectivity index (χ0) is 13.7. The Balaban J connectivity index is 2.00. The molecule has 1 heteroatoms. The third kappa shape index (κ3) is 3.82. The summed E-state index contributed by atoms with van der Waals surface area (Å²) in [6.07, 6.45) is 8.84. The van der Waals surface area contributed by atoms with Crippen LogP contribution in [0.2, 0.25) is 0 Å². The van der Waals surface area contributed by atoms with Crippen molar-refractivity contribution in [1.29, 1.82) is 0 Å². The van der Waals surface area contributed by atoms with Crippen LogP contribution in [0.3, 0.4) is 0 Å². The Morgan fingerprint density at radius 3 is 2.63 bits per heavy atom. The first kappa shape index (κ1) is 14.6. The van der Waals surface area contributed by atoms with Crippen molar-refractivity contribution < 1.29 is 5.11 Å². The molecule has 2 unspecified atom stereocenters. The Hall–Kier alpha value is -0.820. The van der Waals surface area contributed by atoms with Crippen LogP contribution >= 0.6 is 0 Å². The highest BCUT2D eigenvalue weighted by Gasteiger charge is 2.33. The molecule has 0 saturated heterocycles. The number of aliphatic hydroxyl groups is 1. The van der Waals surface area contributed by atoms with Crippen LogP contribution in [0.4, 0.5) is 0 Å². The van der Waals surface area contributed by atoms with Gasteiger partial charge in [-0.05, 0) is 36.3 Å². The molecule has 1 nitrogen and oxygen atoms in total. The van der Waals surface area contributed by atoms with Crippen molar-refractivity contribution in [2.75, 3.05) is 0 Å². The first-order valence-electron chi connectivity index (χ1n) is 7.96. The fourth-order valence-electron chi connectivity index (χ4n) is 3.44. The smallest absolute Gasteiger partial charge is 0.0693 e. The molecule has 0 aliphatic heterocycles. The molecule has 0 amide bonds. The minimum atomic E-state index is -0.456. The van der Waals surface area contributed by atoms with Crippen LogP contribution in [0.1, 0.15) is 63.5 Å². The quantitative estimate of drug-likeness (QED) is 0.797. The molecule has 2 rings (SSSR count). The van der Waals surface area contributed by atoms with Gasteiger partial charge in [0.1, 0.15) is 0 Å². The molecule has 0 aromatic heterocycles. The van der Waals surface area contributed by atoms with E-state index in [2.05, 4.69) is 38.1 Å². The van der Waals surface area contributed by atoms with Crippen molar-refractivity contribution in [1.82, 2.24) is 0 Å². The van der Waals surface area contributed by atoms with E-state index < -0.39 is 5.60 Å². The fraction of sp³-hybridized carbons (Fsp3) is 0.667. The Morgan fingerprint density at radius 1 is 1.21 bits per heavy atom. The molecule has 1 aliphatic carbocycles. The van der Waals surface area contributed by atoms with Crippen molar-refractivity contribution in [2.45, 2.75) is 70.8 Å². The average Bonchev–Trinajstić information content (AvgIpc) is 2.43. The number of hydrogen-bond donors (Lipinski definition) is 1. The number of aryl methyl sites for hydroxylation is 1. The van der Waals surface area contributed by atoms with E-state index in [9.17, 15) is 5.11 Å². The van der Waals surface area contributed by atoms with E-state index >= 15 is 0 Å². The topological polar surface area (TPSA) is 20.2 Å². The number of rotatable bonds is 6. The monoisotopic (exact) mass is 260 g/mol. The van der Waals surface area contributed by atoms with Crippen LogP contribution in [-0.4, -0.2) is 10.7 Å². The van der Waals surface area contributed by atoms with E-state index in [0.717, 1.165) is 25.7 Å².